The van der Waals surface area contributed by atoms with Crippen molar-refractivity contribution >= 4 is 79.8 Å². The van der Waals surface area contributed by atoms with Gasteiger partial charge in [-0.05, 0) is 77.4 Å². The molecule has 1 unspecified atom stereocenters. The number of benzene rings is 2. The predicted octanol–water partition coefficient (Wildman–Crippen LogP) is 5.68. The molecule has 7 N–H and O–H groups in total. The van der Waals surface area contributed by atoms with Crippen molar-refractivity contribution in [3.8, 4) is 34.2 Å². The first-order chi connectivity index (χ1) is 39.9. The van der Waals surface area contributed by atoms with E-state index in [1.54, 1.807) is 41.7 Å². The van der Waals surface area contributed by atoms with Gasteiger partial charge in [0, 0.05) is 110 Å². The van der Waals surface area contributed by atoms with Crippen molar-refractivity contribution in [2.24, 2.45) is 5.92 Å². The molecule has 0 saturated carbocycles. The highest BCUT2D eigenvalue weighted by Crippen LogP contribution is 2.36. The summed E-state index contributed by atoms with van der Waals surface area (Å²) in [6.07, 6.45) is 3.95. The van der Waals surface area contributed by atoms with E-state index in [1.807, 2.05) is 48.5 Å². The fourth-order valence-electron chi connectivity index (χ4n) is 9.81. The number of rotatable bonds is 26. The van der Waals surface area contributed by atoms with Crippen LogP contribution in [0.1, 0.15) is 60.9 Å². The number of ether oxygens (including phenoxy) is 3. The number of anilines is 1. The number of amides is 5. The second-order valence-electron chi connectivity index (χ2n) is 20.0. The van der Waals surface area contributed by atoms with Crippen LogP contribution in [0.3, 0.4) is 0 Å². The number of halogens is 2. The second-order valence-corrected chi connectivity index (χ2v) is 22.6. The van der Waals surface area contributed by atoms with Gasteiger partial charge in [-0.1, -0.05) is 58.5 Å². The normalized spacial score (nSPS) is 17.2. The van der Waals surface area contributed by atoms with Crippen molar-refractivity contribution in [3.63, 3.8) is 0 Å². The summed E-state index contributed by atoms with van der Waals surface area (Å²) in [7, 11) is 3.97. The van der Waals surface area contributed by atoms with E-state index in [0.717, 1.165) is 54.7 Å². The number of nitrogens with one attached hydrogen (secondary N) is 4. The molecule has 8 rings (SSSR count). The number of alkyl halides is 2. The Morgan fingerprint density at radius 3 is 2.51 bits per heavy atom. The number of methoxy groups -OCH3 is 1. The van der Waals surface area contributed by atoms with E-state index in [-0.39, 0.29) is 76.0 Å². The standard InChI is InChI=1S/C57H61F2N11O11S2/c1-33(62-16-17-64-49(71)13-9-34-4-3-5-37-28-69(29-44(34)37)51(73)23-38-22-47(68-52(38)74)54(75)70-32-57(58,59)24-41(70)25-60)6-12-50(72)67-48(55(76)77)31-83-82-19-18-80-56(78)81-30-40-10-7-36(26-65-40)42-14-15-63-46-11-8-35(20-43(42)46)39-21-45(61)53(79-2)66-27-39/h3-5,7-8,10-11,14-15,20-21,26-27,38,41,47-48,62H,1,6,9,12-13,16-19,22-24,28-32,61H2,2H3,(H,64,71)(H,67,72)(H,68,74)(H,76,77)/t38-,41-,47-,48?/m0/s1. The fraction of sp³-hybridized carbons (Fsp3) is 0.386. The van der Waals surface area contributed by atoms with Gasteiger partial charge in [0.25, 0.3) is 5.92 Å². The molecule has 0 radical (unpaired) electrons. The Morgan fingerprint density at radius 1 is 0.952 bits per heavy atom. The predicted molar refractivity (Wildman–Crippen MR) is 304 cm³/mol. The van der Waals surface area contributed by atoms with E-state index in [4.69, 9.17) is 19.9 Å². The number of carbonyl (C=O) groups excluding carboxylic acids is 6. The lowest BCUT2D eigenvalue weighted by molar-refractivity contribution is -0.141. The van der Waals surface area contributed by atoms with Gasteiger partial charge in [-0.25, -0.2) is 23.4 Å². The third-order valence-electron chi connectivity index (χ3n) is 14.1. The van der Waals surface area contributed by atoms with Gasteiger partial charge >= 0.3 is 12.1 Å². The number of carboxylic acids is 1. The SMILES string of the molecule is C=C(CCC(=O)NC(CSSCCOC(=O)OCc1ccc(-c2ccnc3ccc(-c4cnc(OC)c(N)c4)cc23)cn1)C(=O)O)NCCNC(=O)CCc1cccc2c1CN(C(=O)C[C@@H]1C[C@@H](C(=O)N3CC(F)(F)C[C@H]3C#N)NC1=O)C2. The molecule has 436 valence electrons. The van der Waals surface area contributed by atoms with Gasteiger partial charge in [-0.3, -0.25) is 33.9 Å². The third-order valence-corrected chi connectivity index (χ3v) is 16.5. The summed E-state index contributed by atoms with van der Waals surface area (Å²) in [5, 5.41) is 30.9. The van der Waals surface area contributed by atoms with E-state index >= 15 is 0 Å². The number of likely N-dealkylation sites (tertiary alicyclic amines) is 1. The molecule has 0 spiro atoms. The summed E-state index contributed by atoms with van der Waals surface area (Å²) in [6, 6.07) is 17.0. The largest absolute Gasteiger partial charge is 0.508 e. The quantitative estimate of drug-likeness (QED) is 0.0220. The van der Waals surface area contributed by atoms with Crippen LogP contribution in [0.4, 0.5) is 19.3 Å². The molecule has 2 saturated heterocycles. The summed E-state index contributed by atoms with van der Waals surface area (Å²) in [6.45, 7) is 4.04. The summed E-state index contributed by atoms with van der Waals surface area (Å²) >= 11 is 0. The molecule has 26 heteroatoms. The molecule has 0 bridgehead atoms. The van der Waals surface area contributed by atoms with E-state index in [2.05, 4.69) is 42.8 Å². The number of pyridine rings is 3. The second kappa shape index (κ2) is 27.9. The number of hydrogen-bond acceptors (Lipinski definition) is 18. The number of hydrogen-bond donors (Lipinski definition) is 6. The Hall–Kier alpha value is -8.57. The van der Waals surface area contributed by atoms with Crippen molar-refractivity contribution < 1.29 is 61.7 Å². The van der Waals surface area contributed by atoms with Gasteiger partial charge in [0.05, 0.1) is 36.6 Å². The van der Waals surface area contributed by atoms with Gasteiger partial charge in [0.2, 0.25) is 35.4 Å². The van der Waals surface area contributed by atoms with Crippen molar-refractivity contribution in [2.75, 3.05) is 50.6 Å². The molecule has 2 fully saturated rings. The Morgan fingerprint density at radius 2 is 1.75 bits per heavy atom. The average Bonchev–Trinajstić information content (AvgIpc) is 3.89. The monoisotopic (exact) mass is 1180 g/mol. The zero-order chi connectivity index (χ0) is 59.2. The zero-order valence-corrected chi connectivity index (χ0v) is 46.8. The maximum atomic E-state index is 14.0. The maximum Gasteiger partial charge on any atom is 0.508 e. The number of carbonyl (C=O) groups is 7. The van der Waals surface area contributed by atoms with Gasteiger partial charge in [0.1, 0.15) is 31.3 Å². The Labute approximate surface area is 484 Å². The van der Waals surface area contributed by atoms with Crippen molar-refractivity contribution in [1.29, 1.82) is 5.26 Å². The molecule has 22 nitrogen and oxygen atoms in total. The molecule has 3 aliphatic heterocycles. The molecule has 5 amide bonds. The molecule has 3 aromatic heterocycles. The molecular formula is C57H61F2N11O11S2. The first-order valence-electron chi connectivity index (χ1n) is 26.5. The lowest BCUT2D eigenvalue weighted by Crippen LogP contribution is -2.46. The van der Waals surface area contributed by atoms with Crippen LogP contribution < -0.4 is 31.7 Å². The van der Waals surface area contributed by atoms with E-state index in [1.165, 1.54) is 28.7 Å². The Balaban J connectivity index is 0.658. The number of allylic oxidation sites excluding steroid dienone is 1. The maximum absolute atomic E-state index is 14.0. The minimum absolute atomic E-state index is 0.00558. The molecule has 5 aromatic rings. The molecule has 83 heavy (non-hydrogen) atoms. The van der Waals surface area contributed by atoms with Crippen LogP contribution in [0.5, 0.6) is 5.88 Å². The topological polar surface area (TPSA) is 310 Å². The number of fused-ring (bicyclic) bond motifs is 2. The number of aromatic nitrogens is 3. The summed E-state index contributed by atoms with van der Waals surface area (Å²) in [4.78, 5) is 105. The average molecular weight is 1180 g/mol. The van der Waals surface area contributed by atoms with Crippen LogP contribution in [-0.4, -0.2) is 140 Å². The number of nitrogens with two attached hydrogens (primary N) is 1. The van der Waals surface area contributed by atoms with Crippen LogP contribution in [0.15, 0.2) is 91.5 Å². The van der Waals surface area contributed by atoms with Crippen LogP contribution >= 0.6 is 21.6 Å². The number of nitriles is 1. The number of aliphatic carboxylic acids is 1. The van der Waals surface area contributed by atoms with E-state index in [0.29, 0.717) is 48.2 Å². The van der Waals surface area contributed by atoms with E-state index in [9.17, 15) is 52.7 Å². The minimum atomic E-state index is -3.20. The minimum Gasteiger partial charge on any atom is -0.480 e. The summed E-state index contributed by atoms with van der Waals surface area (Å²) < 4.78 is 43.5. The molecule has 4 atom stereocenters. The van der Waals surface area contributed by atoms with Gasteiger partial charge in [-0.2, -0.15) is 5.26 Å². The molecule has 0 aliphatic carbocycles. The molecule has 3 aliphatic rings. The molecule has 2 aromatic carbocycles. The fourth-order valence-corrected chi connectivity index (χ4v) is 11.8. The van der Waals surface area contributed by atoms with Crippen LogP contribution in [-0.2, 0) is 64.4 Å². The zero-order valence-electron chi connectivity index (χ0n) is 45.2. The van der Waals surface area contributed by atoms with E-state index < -0.39 is 72.8 Å². The van der Waals surface area contributed by atoms with Gasteiger partial charge in [-0.15, -0.1) is 0 Å². The van der Waals surface area contributed by atoms with Gasteiger partial charge < -0.3 is 56.1 Å². The number of nitrogen functional groups attached to an aromatic ring is 1. The summed E-state index contributed by atoms with van der Waals surface area (Å²) in [5.74, 6) is -6.83. The highest BCUT2D eigenvalue weighted by atomic mass is 33.1. The lowest BCUT2D eigenvalue weighted by Gasteiger charge is -2.22. The lowest BCUT2D eigenvalue weighted by atomic mass is 9.98. The Kier molecular flexibility index (Phi) is 20.4. The van der Waals surface area contributed by atoms with Crippen LogP contribution in [0, 0.1) is 17.2 Å². The van der Waals surface area contributed by atoms with Crippen molar-refractivity contribution in [2.45, 2.75) is 88.7 Å². The van der Waals surface area contributed by atoms with Crippen molar-refractivity contribution in [3.05, 3.63) is 114 Å². The summed E-state index contributed by atoms with van der Waals surface area (Å²) in [5.41, 5.74) is 14.5. The van der Waals surface area contributed by atoms with Gasteiger partial charge in [0.15, 0.2) is 0 Å². The third kappa shape index (κ3) is 16.1. The van der Waals surface area contributed by atoms with Crippen LogP contribution in [0.2, 0.25) is 0 Å². The number of nitrogens with zero attached hydrogens (tertiary/aromatic N) is 6. The molecule has 6 heterocycles. The number of carboxylic acid groups (broad SMARTS) is 1. The Bertz CT molecular complexity index is 3320. The highest BCUT2D eigenvalue weighted by Gasteiger charge is 2.50. The number of aryl methyl sites for hydroxylation is 1. The first kappa shape index (κ1) is 60.5. The first-order valence-corrected chi connectivity index (χ1v) is 29.0. The smallest absolute Gasteiger partial charge is 0.480 e. The molecular weight excluding hydrogens is 1120 g/mol. The van der Waals surface area contributed by atoms with Crippen molar-refractivity contribution in [1.82, 2.24) is 46.0 Å². The van der Waals surface area contributed by atoms with Crippen LogP contribution in [0.25, 0.3) is 33.2 Å². The highest BCUT2D eigenvalue weighted by molar-refractivity contribution is 8.76.